The van der Waals surface area contributed by atoms with Crippen LogP contribution in [0.3, 0.4) is 0 Å². The molecule has 1 N–H and O–H groups in total. The Morgan fingerprint density at radius 2 is 1.90 bits per heavy atom. The van der Waals surface area contributed by atoms with Crippen LogP contribution in [0.1, 0.15) is 36.1 Å². The van der Waals surface area contributed by atoms with Crippen molar-refractivity contribution >= 4 is 12.4 Å². The highest BCUT2D eigenvalue weighted by Gasteiger charge is 2.36. The molecule has 2 aromatic rings. The maximum atomic E-state index is 13.3. The van der Waals surface area contributed by atoms with E-state index in [1.54, 1.807) is 7.11 Å². The van der Waals surface area contributed by atoms with Crippen molar-refractivity contribution in [3.05, 3.63) is 47.5 Å². The van der Waals surface area contributed by atoms with E-state index in [1.165, 1.54) is 12.8 Å². The molecule has 1 saturated heterocycles. The fraction of sp³-hybridized carbons (Fsp3) is 0.524. The minimum atomic E-state index is -0.291. The number of aromatic nitrogens is 3. The second kappa shape index (κ2) is 10.8. The predicted octanol–water partition coefficient (Wildman–Crippen LogP) is 1.35. The molecule has 0 radical (unpaired) electrons. The van der Waals surface area contributed by atoms with Gasteiger partial charge in [-0.05, 0) is 31.5 Å². The minimum absolute atomic E-state index is 0.130. The lowest BCUT2D eigenvalue weighted by molar-refractivity contribution is -0.138. The summed E-state index contributed by atoms with van der Waals surface area (Å²) in [5.74, 6) is 1.92. The third-order valence-corrected chi connectivity index (χ3v) is 5.48. The van der Waals surface area contributed by atoms with E-state index >= 15 is 0 Å². The zero-order valence-electron chi connectivity index (χ0n) is 17.3. The molecule has 0 bridgehead atoms. The van der Waals surface area contributed by atoms with Gasteiger partial charge in [0, 0.05) is 20.1 Å². The van der Waals surface area contributed by atoms with Crippen LogP contribution in [0.2, 0.25) is 0 Å². The summed E-state index contributed by atoms with van der Waals surface area (Å²) in [6.45, 7) is 4.32. The number of benzene rings is 1. The van der Waals surface area contributed by atoms with E-state index in [-0.39, 0.29) is 18.4 Å². The zero-order chi connectivity index (χ0) is 21.3. The van der Waals surface area contributed by atoms with Crippen molar-refractivity contribution in [2.45, 2.75) is 38.4 Å². The minimum Gasteiger partial charge on any atom is -0.483 e. The van der Waals surface area contributed by atoms with Crippen LogP contribution in [0.5, 0.6) is 0 Å². The quantitative estimate of drug-likeness (QED) is 0.681. The molecule has 1 aromatic heterocycles. The first-order chi connectivity index (χ1) is 14.7. The van der Waals surface area contributed by atoms with Gasteiger partial charge < -0.3 is 14.7 Å². The van der Waals surface area contributed by atoms with Crippen LogP contribution in [0, 0.1) is 0 Å². The average molecular weight is 415 g/mol. The van der Waals surface area contributed by atoms with Crippen LogP contribution in [0.15, 0.2) is 30.3 Å². The Hall–Kier alpha value is -2.78. The summed E-state index contributed by atoms with van der Waals surface area (Å²) in [5.41, 5.74) is 1.15. The molecule has 0 saturated carbocycles. The molecular weight excluding hydrogens is 386 g/mol. The number of hydrogen-bond acceptors (Lipinski definition) is 6. The fourth-order valence-corrected chi connectivity index (χ4v) is 4.05. The van der Waals surface area contributed by atoms with Crippen LogP contribution in [-0.2, 0) is 33.8 Å². The number of methoxy groups -OCH3 is 1. The van der Waals surface area contributed by atoms with Crippen molar-refractivity contribution in [1.82, 2.24) is 24.6 Å². The van der Waals surface area contributed by atoms with Crippen molar-refractivity contribution in [3.63, 3.8) is 0 Å². The van der Waals surface area contributed by atoms with Gasteiger partial charge in [-0.2, -0.15) is 0 Å². The van der Waals surface area contributed by atoms with Crippen molar-refractivity contribution in [2.75, 3.05) is 33.4 Å². The highest BCUT2D eigenvalue weighted by Crippen LogP contribution is 2.27. The number of carboxylic acid groups (broad SMARTS) is 1. The molecule has 0 spiro atoms. The van der Waals surface area contributed by atoms with E-state index in [9.17, 15) is 4.79 Å². The third kappa shape index (κ3) is 5.22. The van der Waals surface area contributed by atoms with Crippen LogP contribution in [0.25, 0.3) is 0 Å². The Morgan fingerprint density at radius 1 is 1.20 bits per heavy atom. The van der Waals surface area contributed by atoms with Gasteiger partial charge in [-0.25, -0.2) is 0 Å². The van der Waals surface area contributed by atoms with Crippen molar-refractivity contribution in [2.24, 2.45) is 0 Å². The Labute approximate surface area is 176 Å². The average Bonchev–Trinajstić information content (AvgIpc) is 3.41. The van der Waals surface area contributed by atoms with Gasteiger partial charge in [0.25, 0.3) is 6.47 Å². The number of rotatable bonds is 7. The zero-order valence-corrected chi connectivity index (χ0v) is 17.3. The van der Waals surface area contributed by atoms with Gasteiger partial charge in [0.1, 0.15) is 11.9 Å². The monoisotopic (exact) mass is 415 g/mol. The standard InChI is InChI=1S/C20H27N5O2.CH2O2/c1-27-12-11-24-15-19-22-21-18(14-23-9-5-6-10-23)25(19)17(20(24)26)13-16-7-3-2-4-8-16;2-1-3/h2-4,7-8,17H,5-6,9-15H2,1H3;1H,(H,2,3)/t17-;/m1./s1. The smallest absolute Gasteiger partial charge is 0.290 e. The topological polar surface area (TPSA) is 101 Å². The highest BCUT2D eigenvalue weighted by atomic mass is 16.5. The molecule has 162 valence electrons. The van der Waals surface area contributed by atoms with Crippen molar-refractivity contribution in [1.29, 1.82) is 0 Å². The normalized spacial score (nSPS) is 18.6. The van der Waals surface area contributed by atoms with E-state index in [2.05, 4.69) is 31.8 Å². The molecule has 9 heteroatoms. The molecule has 2 aliphatic heterocycles. The van der Waals surface area contributed by atoms with E-state index in [0.717, 1.165) is 36.8 Å². The Bertz CT molecular complexity index is 820. The second-order valence-electron chi connectivity index (χ2n) is 7.45. The summed E-state index contributed by atoms with van der Waals surface area (Å²) < 4.78 is 7.28. The summed E-state index contributed by atoms with van der Waals surface area (Å²) in [6.07, 6.45) is 3.12. The Kier molecular flexibility index (Phi) is 7.92. The van der Waals surface area contributed by atoms with Crippen molar-refractivity contribution < 1.29 is 19.4 Å². The van der Waals surface area contributed by atoms with Gasteiger partial charge >= 0.3 is 0 Å². The SMILES string of the molecule is COCCN1Cc2nnc(CN3CCCC3)n2[C@H](Cc2ccccc2)C1=O.O=CO. The molecule has 1 atom stereocenters. The lowest BCUT2D eigenvalue weighted by atomic mass is 10.0. The van der Waals surface area contributed by atoms with Gasteiger partial charge in [0.15, 0.2) is 5.82 Å². The van der Waals surface area contributed by atoms with Crippen LogP contribution in [-0.4, -0.2) is 75.4 Å². The molecular formula is C21H29N5O4. The number of ether oxygens (including phenoxy) is 1. The summed E-state index contributed by atoms with van der Waals surface area (Å²) in [4.78, 5) is 25.9. The van der Waals surface area contributed by atoms with Gasteiger partial charge in [-0.1, -0.05) is 30.3 Å². The first-order valence-corrected chi connectivity index (χ1v) is 10.2. The molecule has 1 amide bonds. The summed E-state index contributed by atoms with van der Waals surface area (Å²) in [7, 11) is 1.66. The molecule has 2 aliphatic rings. The third-order valence-electron chi connectivity index (χ3n) is 5.48. The number of carbonyl (C=O) groups excluding carboxylic acids is 1. The van der Waals surface area contributed by atoms with Crippen LogP contribution < -0.4 is 0 Å². The van der Waals surface area contributed by atoms with Gasteiger partial charge in [0.2, 0.25) is 5.91 Å². The van der Waals surface area contributed by atoms with Crippen molar-refractivity contribution in [3.8, 4) is 0 Å². The first kappa shape index (κ1) is 21.9. The Morgan fingerprint density at radius 3 is 2.57 bits per heavy atom. The number of likely N-dealkylation sites (tertiary alicyclic amines) is 1. The molecule has 0 unspecified atom stereocenters. The summed E-state index contributed by atoms with van der Waals surface area (Å²) >= 11 is 0. The molecule has 30 heavy (non-hydrogen) atoms. The summed E-state index contributed by atoms with van der Waals surface area (Å²) in [5, 5.41) is 15.8. The van der Waals surface area contributed by atoms with Crippen LogP contribution in [0.4, 0.5) is 0 Å². The molecule has 3 heterocycles. The number of hydrogen-bond donors (Lipinski definition) is 1. The molecule has 9 nitrogen and oxygen atoms in total. The van der Waals surface area contributed by atoms with Gasteiger partial charge in [-0.3, -0.25) is 19.1 Å². The fourth-order valence-electron chi connectivity index (χ4n) is 4.05. The molecule has 4 rings (SSSR count). The highest BCUT2D eigenvalue weighted by molar-refractivity contribution is 5.82. The molecule has 1 aromatic carbocycles. The first-order valence-electron chi connectivity index (χ1n) is 10.2. The number of amides is 1. The second-order valence-corrected chi connectivity index (χ2v) is 7.45. The molecule has 1 fully saturated rings. The molecule has 0 aliphatic carbocycles. The van der Waals surface area contributed by atoms with E-state index in [1.807, 2.05) is 23.1 Å². The van der Waals surface area contributed by atoms with E-state index < -0.39 is 0 Å². The number of carbonyl (C=O) groups is 2. The lowest BCUT2D eigenvalue weighted by Gasteiger charge is -2.34. The maximum Gasteiger partial charge on any atom is 0.290 e. The van der Waals surface area contributed by atoms with Gasteiger partial charge in [-0.15, -0.1) is 10.2 Å². The largest absolute Gasteiger partial charge is 0.483 e. The maximum absolute atomic E-state index is 13.3. The van der Waals surface area contributed by atoms with Gasteiger partial charge in [0.05, 0.1) is 19.7 Å². The summed E-state index contributed by atoms with van der Waals surface area (Å²) in [6, 6.07) is 9.89. The predicted molar refractivity (Wildman–Crippen MR) is 110 cm³/mol. The Balaban J connectivity index is 0.000000806. The van der Waals surface area contributed by atoms with E-state index in [4.69, 9.17) is 14.6 Å². The number of fused-ring (bicyclic) bond motifs is 1. The lowest BCUT2D eigenvalue weighted by Crippen LogP contribution is -2.45. The van der Waals surface area contributed by atoms with E-state index in [0.29, 0.717) is 26.1 Å². The number of nitrogens with zero attached hydrogens (tertiary/aromatic N) is 5. The van der Waals surface area contributed by atoms with Crippen LogP contribution >= 0.6 is 0 Å².